The molecule has 3 heteroatoms. The van der Waals surface area contributed by atoms with E-state index in [9.17, 15) is 0 Å². The molecule has 23 heavy (non-hydrogen) atoms. The van der Waals surface area contributed by atoms with Crippen LogP contribution in [0.1, 0.15) is 78.1 Å². The van der Waals surface area contributed by atoms with Crippen molar-refractivity contribution >= 4 is 6.21 Å². The molecule has 0 spiro atoms. The van der Waals surface area contributed by atoms with Gasteiger partial charge in [-0.1, -0.05) is 64.5 Å². The lowest BCUT2D eigenvalue weighted by molar-refractivity contribution is 0.125. The molecule has 0 saturated heterocycles. The van der Waals surface area contributed by atoms with Crippen LogP contribution in [0.25, 0.3) is 0 Å². The second-order valence-corrected chi connectivity index (χ2v) is 5.91. The highest BCUT2D eigenvalue weighted by Gasteiger charge is 1.94. The Morgan fingerprint density at radius 1 is 0.957 bits per heavy atom. The lowest BCUT2D eigenvalue weighted by atomic mass is 10.1. The Kier molecular flexibility index (Phi) is 18.1. The lowest BCUT2D eigenvalue weighted by Gasteiger charge is -2.06. The Bertz CT molecular complexity index is 311. The van der Waals surface area contributed by atoms with E-state index in [2.05, 4.69) is 23.8 Å². The van der Waals surface area contributed by atoms with Gasteiger partial charge in [-0.15, -0.1) is 0 Å². The predicted octanol–water partition coefficient (Wildman–Crippen LogP) is 5.63. The SMILES string of the molecule is C=C/C=N\C(=C/C)NCCCCCCCCOCCCCCC. The van der Waals surface area contributed by atoms with Gasteiger partial charge in [0.25, 0.3) is 0 Å². The molecule has 0 amide bonds. The molecular formula is C20H38N2O. The molecule has 0 aliphatic rings. The van der Waals surface area contributed by atoms with Gasteiger partial charge in [-0.2, -0.15) is 0 Å². The van der Waals surface area contributed by atoms with Gasteiger partial charge in [-0.25, -0.2) is 4.99 Å². The van der Waals surface area contributed by atoms with Crippen LogP contribution >= 0.6 is 0 Å². The van der Waals surface area contributed by atoms with Crippen molar-refractivity contribution in [2.45, 2.75) is 78.1 Å². The highest BCUT2D eigenvalue weighted by atomic mass is 16.5. The van der Waals surface area contributed by atoms with E-state index in [1.807, 2.05) is 13.0 Å². The molecular weight excluding hydrogens is 284 g/mol. The Balaban J connectivity index is 3.21. The van der Waals surface area contributed by atoms with Crippen LogP contribution in [0.5, 0.6) is 0 Å². The maximum Gasteiger partial charge on any atom is 0.121 e. The van der Waals surface area contributed by atoms with E-state index in [0.717, 1.165) is 25.6 Å². The average molecular weight is 323 g/mol. The van der Waals surface area contributed by atoms with Gasteiger partial charge < -0.3 is 10.1 Å². The Hall–Kier alpha value is -1.09. The standard InChI is InChI=1S/C20H38N2O/c1-4-7-8-14-18-23-19-15-12-10-9-11-13-17-22-20(6-3)21-16-5-2/h5-6,16,22H,2,4,7-15,17-19H2,1,3H3/b20-6+,21-16-. The number of unbranched alkanes of at least 4 members (excludes halogenated alkanes) is 8. The first-order valence-electron chi connectivity index (χ1n) is 9.48. The van der Waals surface area contributed by atoms with Gasteiger partial charge in [0.05, 0.1) is 0 Å². The van der Waals surface area contributed by atoms with Crippen LogP contribution < -0.4 is 5.32 Å². The molecule has 0 heterocycles. The molecule has 0 fully saturated rings. The highest BCUT2D eigenvalue weighted by molar-refractivity contribution is 5.71. The van der Waals surface area contributed by atoms with Crippen molar-refractivity contribution in [3.8, 4) is 0 Å². The van der Waals surface area contributed by atoms with Gasteiger partial charge in [0, 0.05) is 26.0 Å². The summed E-state index contributed by atoms with van der Waals surface area (Å²) in [6.45, 7) is 10.8. The van der Waals surface area contributed by atoms with Crippen LogP contribution in [-0.2, 0) is 4.74 Å². The van der Waals surface area contributed by atoms with Gasteiger partial charge in [0.1, 0.15) is 5.82 Å². The third-order valence-electron chi connectivity index (χ3n) is 3.76. The van der Waals surface area contributed by atoms with Gasteiger partial charge in [0.2, 0.25) is 0 Å². The normalized spacial score (nSPS) is 12.0. The number of nitrogens with one attached hydrogen (secondary N) is 1. The van der Waals surface area contributed by atoms with E-state index < -0.39 is 0 Å². The fourth-order valence-electron chi connectivity index (χ4n) is 2.34. The lowest BCUT2D eigenvalue weighted by Crippen LogP contribution is -2.13. The number of hydrogen-bond acceptors (Lipinski definition) is 3. The zero-order valence-corrected chi connectivity index (χ0v) is 15.5. The summed E-state index contributed by atoms with van der Waals surface area (Å²) in [7, 11) is 0. The smallest absolute Gasteiger partial charge is 0.121 e. The van der Waals surface area contributed by atoms with Crippen molar-refractivity contribution in [1.29, 1.82) is 0 Å². The number of ether oxygens (including phenoxy) is 1. The molecule has 0 saturated carbocycles. The molecule has 0 aliphatic carbocycles. The summed E-state index contributed by atoms with van der Waals surface area (Å²) < 4.78 is 5.66. The number of nitrogens with zero attached hydrogens (tertiary/aromatic N) is 1. The first kappa shape index (κ1) is 21.9. The number of hydrogen-bond donors (Lipinski definition) is 1. The molecule has 134 valence electrons. The maximum atomic E-state index is 5.66. The maximum absolute atomic E-state index is 5.66. The molecule has 0 rings (SSSR count). The van der Waals surface area contributed by atoms with Crippen molar-refractivity contribution in [3.05, 3.63) is 24.6 Å². The molecule has 0 aliphatic heterocycles. The third kappa shape index (κ3) is 17.1. The summed E-state index contributed by atoms with van der Waals surface area (Å²) in [5.74, 6) is 0.931. The Morgan fingerprint density at radius 2 is 1.57 bits per heavy atom. The van der Waals surface area contributed by atoms with Gasteiger partial charge in [-0.3, -0.25) is 0 Å². The van der Waals surface area contributed by atoms with E-state index in [1.54, 1.807) is 12.3 Å². The predicted molar refractivity (Wildman–Crippen MR) is 103 cm³/mol. The average Bonchev–Trinajstić information content (AvgIpc) is 2.57. The van der Waals surface area contributed by atoms with E-state index in [-0.39, 0.29) is 0 Å². The van der Waals surface area contributed by atoms with Gasteiger partial charge in [0.15, 0.2) is 0 Å². The largest absolute Gasteiger partial charge is 0.381 e. The van der Waals surface area contributed by atoms with E-state index in [1.165, 1.54) is 64.2 Å². The van der Waals surface area contributed by atoms with E-state index in [0.29, 0.717) is 0 Å². The Morgan fingerprint density at radius 3 is 2.17 bits per heavy atom. The molecule has 1 N–H and O–H groups in total. The Labute approximate surface area is 144 Å². The summed E-state index contributed by atoms with van der Waals surface area (Å²) >= 11 is 0. The van der Waals surface area contributed by atoms with Crippen LogP contribution in [0.4, 0.5) is 0 Å². The molecule has 0 aromatic carbocycles. The van der Waals surface area contributed by atoms with Crippen LogP contribution in [0.15, 0.2) is 29.5 Å². The minimum absolute atomic E-state index is 0.931. The molecule has 0 radical (unpaired) electrons. The van der Waals surface area contributed by atoms with Crippen molar-refractivity contribution in [2.75, 3.05) is 19.8 Å². The fourth-order valence-corrected chi connectivity index (χ4v) is 2.34. The minimum atomic E-state index is 0.931. The first-order valence-corrected chi connectivity index (χ1v) is 9.48. The van der Waals surface area contributed by atoms with Crippen molar-refractivity contribution in [3.63, 3.8) is 0 Å². The molecule has 0 atom stereocenters. The van der Waals surface area contributed by atoms with Crippen LogP contribution in [0.2, 0.25) is 0 Å². The molecule has 3 nitrogen and oxygen atoms in total. The topological polar surface area (TPSA) is 33.6 Å². The molecule has 0 unspecified atom stereocenters. The van der Waals surface area contributed by atoms with E-state index >= 15 is 0 Å². The van der Waals surface area contributed by atoms with Gasteiger partial charge in [-0.05, 0) is 32.3 Å². The van der Waals surface area contributed by atoms with Gasteiger partial charge >= 0.3 is 0 Å². The summed E-state index contributed by atoms with van der Waals surface area (Å²) in [5, 5.41) is 3.34. The van der Waals surface area contributed by atoms with Crippen LogP contribution in [-0.4, -0.2) is 26.0 Å². The monoisotopic (exact) mass is 322 g/mol. The van der Waals surface area contributed by atoms with Crippen LogP contribution in [0.3, 0.4) is 0 Å². The quantitative estimate of drug-likeness (QED) is 0.278. The fraction of sp³-hybridized carbons (Fsp3) is 0.750. The summed E-state index contributed by atoms with van der Waals surface area (Å²) in [4.78, 5) is 4.25. The summed E-state index contributed by atoms with van der Waals surface area (Å²) in [6, 6.07) is 0. The zero-order valence-electron chi connectivity index (χ0n) is 15.5. The van der Waals surface area contributed by atoms with Crippen molar-refractivity contribution < 1.29 is 4.74 Å². The summed E-state index contributed by atoms with van der Waals surface area (Å²) in [5.41, 5.74) is 0. The molecule has 0 aromatic heterocycles. The second-order valence-electron chi connectivity index (χ2n) is 5.91. The molecule has 0 bridgehead atoms. The second kappa shape index (κ2) is 19.0. The number of allylic oxidation sites excluding steroid dienone is 2. The minimum Gasteiger partial charge on any atom is -0.381 e. The number of rotatable bonds is 17. The highest BCUT2D eigenvalue weighted by Crippen LogP contribution is 2.06. The van der Waals surface area contributed by atoms with Crippen LogP contribution in [0, 0.1) is 0 Å². The third-order valence-corrected chi connectivity index (χ3v) is 3.76. The van der Waals surface area contributed by atoms with Crippen molar-refractivity contribution in [1.82, 2.24) is 5.32 Å². The molecule has 0 aromatic rings. The summed E-state index contributed by atoms with van der Waals surface area (Å²) in [6.07, 6.45) is 18.2. The first-order chi connectivity index (χ1) is 11.3. The zero-order chi connectivity index (χ0) is 17.0. The van der Waals surface area contributed by atoms with Crippen molar-refractivity contribution in [2.24, 2.45) is 4.99 Å². The number of aliphatic imine (C=N–C) groups is 1. The van der Waals surface area contributed by atoms with E-state index in [4.69, 9.17) is 4.74 Å².